The van der Waals surface area contributed by atoms with Crippen molar-refractivity contribution in [1.82, 2.24) is 24.1 Å². The predicted octanol–water partition coefficient (Wildman–Crippen LogP) is 4.64. The summed E-state index contributed by atoms with van der Waals surface area (Å²) in [4.78, 5) is 21.2. The van der Waals surface area contributed by atoms with Gasteiger partial charge in [-0.05, 0) is 61.6 Å². The number of nitrogens with one attached hydrogen (secondary N) is 1. The van der Waals surface area contributed by atoms with Gasteiger partial charge in [-0.2, -0.15) is 18.3 Å². The van der Waals surface area contributed by atoms with E-state index in [1.807, 2.05) is 6.92 Å². The Morgan fingerprint density at radius 1 is 1.12 bits per heavy atom. The van der Waals surface area contributed by atoms with Crippen LogP contribution in [0.4, 0.5) is 24.7 Å². The number of nitrogens with zero attached hydrogens (tertiary/aromatic N) is 5. The average molecular weight is 632 g/mol. The molecule has 10 nitrogen and oxygen atoms in total. The molecule has 0 saturated carbocycles. The summed E-state index contributed by atoms with van der Waals surface area (Å²) in [6.45, 7) is 2.50. The minimum Gasteiger partial charge on any atom is -0.383 e. The summed E-state index contributed by atoms with van der Waals surface area (Å²) in [6.07, 6.45) is -1.15. The number of aromatic nitrogens is 4. The SMILES string of the molecule is Cc1ccc(NC(=O)c2ccc(Cl)c(C(F)(F)F)c2)cc1C#Cc1nn(C2CCN(S(C)(=O)=O)CC2)c2ncnc(N)c12. The van der Waals surface area contributed by atoms with E-state index >= 15 is 0 Å². The smallest absolute Gasteiger partial charge is 0.383 e. The van der Waals surface area contributed by atoms with Crippen molar-refractivity contribution >= 4 is 50.1 Å². The Bertz CT molecular complexity index is 1910. The third-order valence-electron chi connectivity index (χ3n) is 7.10. The van der Waals surface area contributed by atoms with E-state index < -0.39 is 32.7 Å². The number of alkyl halides is 3. The average Bonchev–Trinajstić information content (AvgIpc) is 3.32. The van der Waals surface area contributed by atoms with Crippen molar-refractivity contribution < 1.29 is 26.4 Å². The lowest BCUT2D eigenvalue weighted by Gasteiger charge is -2.30. The summed E-state index contributed by atoms with van der Waals surface area (Å²) in [5.74, 6) is 5.50. The molecule has 0 atom stereocenters. The van der Waals surface area contributed by atoms with Crippen LogP contribution in [0.25, 0.3) is 11.0 Å². The number of halogens is 4. The Hall–Kier alpha value is -4.19. The van der Waals surface area contributed by atoms with Gasteiger partial charge in [0.2, 0.25) is 10.0 Å². The van der Waals surface area contributed by atoms with Gasteiger partial charge in [-0.15, -0.1) is 0 Å². The number of amides is 1. The molecule has 224 valence electrons. The lowest BCUT2D eigenvalue weighted by atomic mass is 10.1. The number of hydrogen-bond donors (Lipinski definition) is 2. The second-order valence-corrected chi connectivity index (χ2v) is 12.5. The normalized spacial score (nSPS) is 14.8. The van der Waals surface area contributed by atoms with Crippen molar-refractivity contribution in [3.05, 3.63) is 75.7 Å². The highest BCUT2D eigenvalue weighted by atomic mass is 35.5. The summed E-state index contributed by atoms with van der Waals surface area (Å²) in [5.41, 5.74) is 7.29. The number of nitrogen functional groups attached to an aromatic ring is 1. The maximum absolute atomic E-state index is 13.3. The van der Waals surface area contributed by atoms with Crippen molar-refractivity contribution in [1.29, 1.82) is 0 Å². The molecular formula is C28H25ClF3N7O3S. The highest BCUT2D eigenvalue weighted by Gasteiger charge is 2.34. The third-order valence-corrected chi connectivity index (χ3v) is 8.73. The van der Waals surface area contributed by atoms with Crippen LogP contribution in [-0.4, -0.2) is 57.7 Å². The number of nitrogens with two attached hydrogens (primary N) is 1. The maximum atomic E-state index is 13.3. The summed E-state index contributed by atoms with van der Waals surface area (Å²) in [5, 5.41) is 7.23. The highest BCUT2D eigenvalue weighted by Crippen LogP contribution is 2.35. The molecule has 15 heteroatoms. The summed E-state index contributed by atoms with van der Waals surface area (Å²) < 4.78 is 66.8. The Balaban J connectivity index is 1.43. The fourth-order valence-electron chi connectivity index (χ4n) is 4.80. The minimum absolute atomic E-state index is 0.128. The summed E-state index contributed by atoms with van der Waals surface area (Å²) >= 11 is 5.67. The molecule has 5 rings (SSSR count). The molecule has 3 N–H and O–H groups in total. The molecule has 0 aliphatic carbocycles. The number of hydrogen-bond acceptors (Lipinski definition) is 7. The second kappa shape index (κ2) is 11.5. The number of rotatable bonds is 4. The molecule has 3 heterocycles. The van der Waals surface area contributed by atoms with Crippen LogP contribution in [0.2, 0.25) is 5.02 Å². The van der Waals surface area contributed by atoms with Crippen molar-refractivity contribution in [3.8, 4) is 11.8 Å². The zero-order valence-corrected chi connectivity index (χ0v) is 24.5. The first kappa shape index (κ1) is 30.3. The number of fused-ring (bicyclic) bond motifs is 1. The van der Waals surface area contributed by atoms with Crippen molar-refractivity contribution in [2.75, 3.05) is 30.4 Å². The monoisotopic (exact) mass is 631 g/mol. The molecule has 1 saturated heterocycles. The molecule has 2 aromatic heterocycles. The molecule has 2 aromatic carbocycles. The maximum Gasteiger partial charge on any atom is 0.417 e. The first-order valence-corrected chi connectivity index (χ1v) is 15.2. The molecule has 0 unspecified atom stereocenters. The number of carbonyl (C=O) groups excluding carboxylic acids is 1. The zero-order valence-electron chi connectivity index (χ0n) is 22.9. The van der Waals surface area contributed by atoms with Crippen LogP contribution >= 0.6 is 11.6 Å². The van der Waals surface area contributed by atoms with Crippen LogP contribution in [0.5, 0.6) is 0 Å². The Labute approximate surface area is 250 Å². The molecule has 1 fully saturated rings. The van der Waals surface area contributed by atoms with E-state index in [1.54, 1.807) is 22.9 Å². The van der Waals surface area contributed by atoms with Crippen molar-refractivity contribution in [3.63, 3.8) is 0 Å². The molecule has 0 bridgehead atoms. The van der Waals surface area contributed by atoms with E-state index in [0.717, 1.165) is 11.6 Å². The van der Waals surface area contributed by atoms with Crippen LogP contribution in [-0.2, 0) is 16.2 Å². The fourth-order valence-corrected chi connectivity index (χ4v) is 5.90. The molecule has 43 heavy (non-hydrogen) atoms. The zero-order chi connectivity index (χ0) is 31.1. The van der Waals surface area contributed by atoms with Crippen LogP contribution < -0.4 is 11.1 Å². The lowest BCUT2D eigenvalue weighted by Crippen LogP contribution is -2.38. The second-order valence-electron chi connectivity index (χ2n) is 10.1. The Kier molecular flexibility index (Phi) is 8.08. The Morgan fingerprint density at radius 3 is 2.51 bits per heavy atom. The van der Waals surface area contributed by atoms with Gasteiger partial charge in [-0.1, -0.05) is 23.6 Å². The van der Waals surface area contributed by atoms with E-state index in [2.05, 4.69) is 32.2 Å². The van der Waals surface area contributed by atoms with Gasteiger partial charge in [0.15, 0.2) is 5.65 Å². The first-order chi connectivity index (χ1) is 20.2. The van der Waals surface area contributed by atoms with Gasteiger partial charge in [-0.3, -0.25) is 4.79 Å². The van der Waals surface area contributed by atoms with Crippen molar-refractivity contribution in [2.24, 2.45) is 0 Å². The molecule has 0 radical (unpaired) electrons. The summed E-state index contributed by atoms with van der Waals surface area (Å²) in [6, 6.07) is 7.73. The van der Waals surface area contributed by atoms with E-state index in [0.29, 0.717) is 60.0 Å². The van der Waals surface area contributed by atoms with Gasteiger partial charge in [0.05, 0.1) is 28.3 Å². The van der Waals surface area contributed by atoms with Gasteiger partial charge in [0, 0.05) is 29.9 Å². The number of carbonyl (C=O) groups is 1. The van der Waals surface area contributed by atoms with Crippen LogP contribution in [0.1, 0.15) is 51.6 Å². The van der Waals surface area contributed by atoms with Gasteiger partial charge in [0.25, 0.3) is 5.91 Å². The van der Waals surface area contributed by atoms with Gasteiger partial charge in [-0.25, -0.2) is 27.4 Å². The van der Waals surface area contributed by atoms with E-state index in [4.69, 9.17) is 17.3 Å². The number of aryl methyl sites for hydroxylation is 1. The predicted molar refractivity (Wildman–Crippen MR) is 156 cm³/mol. The standard InChI is InChI=1S/C28H25ClF3N7O3S/c1-16-3-6-19(36-27(40)18-4-7-22(29)21(14-18)28(30,31)32)13-17(16)5-8-23-24-25(33)34-15-35-26(24)39(37-23)20-9-11-38(12-10-20)43(2,41)42/h3-4,6-7,13-15,20H,9-12H2,1-2H3,(H,36,40)(H2,33,34,35). The van der Waals surface area contributed by atoms with Crippen LogP contribution in [0, 0.1) is 18.8 Å². The van der Waals surface area contributed by atoms with Gasteiger partial charge < -0.3 is 11.1 Å². The molecular weight excluding hydrogens is 607 g/mol. The molecule has 1 aliphatic heterocycles. The fraction of sp³-hybridized carbons (Fsp3) is 0.286. The van der Waals surface area contributed by atoms with E-state index in [-0.39, 0.29) is 17.4 Å². The first-order valence-electron chi connectivity index (χ1n) is 13.0. The topological polar surface area (TPSA) is 136 Å². The minimum atomic E-state index is -4.71. The lowest BCUT2D eigenvalue weighted by molar-refractivity contribution is -0.137. The van der Waals surface area contributed by atoms with E-state index in [1.165, 1.54) is 23.0 Å². The molecule has 0 spiro atoms. The molecule has 1 aliphatic rings. The largest absolute Gasteiger partial charge is 0.417 e. The summed E-state index contributed by atoms with van der Waals surface area (Å²) in [7, 11) is -3.30. The van der Waals surface area contributed by atoms with Crippen LogP contribution in [0.3, 0.4) is 0 Å². The van der Waals surface area contributed by atoms with Gasteiger partial charge >= 0.3 is 6.18 Å². The quantitative estimate of drug-likeness (QED) is 0.313. The van der Waals surface area contributed by atoms with Crippen LogP contribution in [0.15, 0.2) is 42.7 Å². The van der Waals surface area contributed by atoms with E-state index in [9.17, 15) is 26.4 Å². The Morgan fingerprint density at radius 2 is 1.84 bits per heavy atom. The molecule has 4 aromatic rings. The highest BCUT2D eigenvalue weighted by molar-refractivity contribution is 7.88. The van der Waals surface area contributed by atoms with Gasteiger partial charge in [0.1, 0.15) is 17.8 Å². The number of benzene rings is 2. The number of piperidine rings is 1. The molecule has 1 amide bonds. The van der Waals surface area contributed by atoms with Crippen molar-refractivity contribution in [2.45, 2.75) is 32.0 Å². The number of sulfonamides is 1. The third kappa shape index (κ3) is 6.43. The number of anilines is 2.